The second kappa shape index (κ2) is 8.81. The van der Waals surface area contributed by atoms with Crippen molar-refractivity contribution in [1.29, 1.82) is 0 Å². The number of amides is 2. The number of benzene rings is 1. The summed E-state index contributed by atoms with van der Waals surface area (Å²) in [4.78, 5) is 27.9. The molecule has 0 spiro atoms. The van der Waals surface area contributed by atoms with Gasteiger partial charge in [0.1, 0.15) is 5.60 Å². The van der Waals surface area contributed by atoms with Gasteiger partial charge in [0.25, 0.3) is 0 Å². The van der Waals surface area contributed by atoms with E-state index in [1.165, 1.54) is 17.0 Å². The van der Waals surface area contributed by atoms with E-state index in [0.717, 1.165) is 6.07 Å². The van der Waals surface area contributed by atoms with E-state index in [0.29, 0.717) is 25.9 Å². The fourth-order valence-corrected chi connectivity index (χ4v) is 3.49. The Hall–Kier alpha value is -1.96. The van der Waals surface area contributed by atoms with E-state index in [-0.39, 0.29) is 30.0 Å². The van der Waals surface area contributed by atoms with Gasteiger partial charge >= 0.3 is 12.3 Å². The molecule has 0 aliphatic carbocycles. The third kappa shape index (κ3) is 6.26. The Balaban J connectivity index is 1.96. The summed E-state index contributed by atoms with van der Waals surface area (Å²) in [6.45, 7) is 6.28. The number of likely N-dealkylation sites (tertiary alicyclic amines) is 1. The number of likely N-dealkylation sites (N-methyl/N-ethyl adjacent to an activating group) is 1. The molecule has 1 heterocycles. The van der Waals surface area contributed by atoms with Crippen LogP contribution >= 0.6 is 11.6 Å². The lowest BCUT2D eigenvalue weighted by atomic mass is 10.0. The highest BCUT2D eigenvalue weighted by molar-refractivity contribution is 6.32. The van der Waals surface area contributed by atoms with E-state index in [1.54, 1.807) is 32.7 Å². The topological polar surface area (TPSA) is 49.9 Å². The smallest absolute Gasteiger partial charge is 0.417 e. The number of nitrogens with zero attached hydrogens (tertiary/aromatic N) is 2. The molecule has 5 nitrogen and oxygen atoms in total. The van der Waals surface area contributed by atoms with E-state index >= 15 is 0 Å². The summed E-state index contributed by atoms with van der Waals surface area (Å²) in [6.07, 6.45) is -4.04. The highest BCUT2D eigenvalue weighted by Crippen LogP contribution is 2.36. The van der Waals surface area contributed by atoms with Crippen LogP contribution in [0.4, 0.5) is 18.0 Å². The molecule has 0 atom stereocenters. The Labute approximate surface area is 173 Å². The third-order valence-electron chi connectivity index (χ3n) is 4.78. The van der Waals surface area contributed by atoms with E-state index in [9.17, 15) is 22.8 Å². The monoisotopic (exact) mass is 434 g/mol. The van der Waals surface area contributed by atoms with E-state index in [4.69, 9.17) is 16.3 Å². The lowest BCUT2D eigenvalue weighted by Gasteiger charge is -2.37. The average Bonchev–Trinajstić information content (AvgIpc) is 2.60. The highest BCUT2D eigenvalue weighted by atomic mass is 35.5. The molecule has 1 aromatic carbocycles. The Bertz CT molecular complexity index is 754. The van der Waals surface area contributed by atoms with Crippen molar-refractivity contribution in [3.8, 4) is 0 Å². The van der Waals surface area contributed by atoms with Gasteiger partial charge in [-0.1, -0.05) is 23.7 Å². The number of hydrogen-bond acceptors (Lipinski definition) is 3. The standard InChI is InChI=1S/C20H26ClF3N2O3/c1-19(2,3)29-18(28)26-10-8-14(9-11-26)25(4)16(27)12-13-6-5-7-15(17(13)21)20(22,23)24/h5-7,14H,8-12H2,1-4H3. The zero-order chi connectivity index (χ0) is 22.0. The quantitative estimate of drug-likeness (QED) is 0.689. The molecule has 1 aromatic rings. The first-order valence-electron chi connectivity index (χ1n) is 9.38. The van der Waals surface area contributed by atoms with Crippen molar-refractivity contribution in [2.24, 2.45) is 0 Å². The summed E-state index contributed by atoms with van der Waals surface area (Å²) >= 11 is 5.89. The van der Waals surface area contributed by atoms with E-state index in [2.05, 4.69) is 0 Å². The summed E-state index contributed by atoms with van der Waals surface area (Å²) in [5, 5.41) is -0.443. The first kappa shape index (κ1) is 23.3. The largest absolute Gasteiger partial charge is 0.444 e. The van der Waals surface area contributed by atoms with Gasteiger partial charge < -0.3 is 14.5 Å². The first-order valence-corrected chi connectivity index (χ1v) is 9.75. The minimum Gasteiger partial charge on any atom is -0.444 e. The zero-order valence-electron chi connectivity index (χ0n) is 17.0. The summed E-state index contributed by atoms with van der Waals surface area (Å²) in [6, 6.07) is 3.46. The number of carbonyl (C=O) groups excluding carboxylic acids is 2. The van der Waals surface area contributed by atoms with Crippen LogP contribution < -0.4 is 0 Å². The molecule has 0 N–H and O–H groups in total. The molecule has 2 rings (SSSR count). The second-order valence-electron chi connectivity index (χ2n) is 8.16. The van der Waals surface area contributed by atoms with Crippen LogP contribution in [0.2, 0.25) is 5.02 Å². The maximum Gasteiger partial charge on any atom is 0.417 e. The fraction of sp³-hybridized carbons (Fsp3) is 0.600. The van der Waals surface area contributed by atoms with Crippen LogP contribution in [0.3, 0.4) is 0 Å². The van der Waals surface area contributed by atoms with Gasteiger partial charge in [0.05, 0.1) is 17.0 Å². The molecule has 2 amide bonds. The van der Waals surface area contributed by atoms with Crippen LogP contribution in [0.1, 0.15) is 44.7 Å². The molecule has 1 saturated heterocycles. The predicted molar refractivity (Wildman–Crippen MR) is 104 cm³/mol. The van der Waals surface area contributed by atoms with Gasteiger partial charge in [-0.05, 0) is 45.2 Å². The fourth-order valence-electron chi connectivity index (χ4n) is 3.19. The number of hydrogen-bond donors (Lipinski definition) is 0. The molecule has 0 unspecified atom stereocenters. The third-order valence-corrected chi connectivity index (χ3v) is 5.23. The van der Waals surface area contributed by atoms with Gasteiger partial charge in [-0.25, -0.2) is 4.79 Å². The minimum absolute atomic E-state index is 0.106. The molecule has 1 aliphatic heterocycles. The SMILES string of the molecule is CN(C(=O)Cc1cccc(C(F)(F)F)c1Cl)C1CCN(C(=O)OC(C)(C)C)CC1. The average molecular weight is 435 g/mol. The van der Waals surface area contributed by atoms with Gasteiger partial charge in [-0.2, -0.15) is 13.2 Å². The lowest BCUT2D eigenvalue weighted by molar-refractivity contribution is -0.138. The molecule has 1 fully saturated rings. The number of piperidine rings is 1. The van der Waals surface area contributed by atoms with Gasteiger partial charge in [0.15, 0.2) is 0 Å². The summed E-state index contributed by atoms with van der Waals surface area (Å²) in [5.74, 6) is -0.318. The maximum atomic E-state index is 13.0. The van der Waals surface area contributed by atoms with Gasteiger partial charge in [0.2, 0.25) is 5.91 Å². The lowest BCUT2D eigenvalue weighted by Crippen LogP contribution is -2.48. The van der Waals surface area contributed by atoms with Crippen molar-refractivity contribution in [3.63, 3.8) is 0 Å². The van der Waals surface area contributed by atoms with Crippen LogP contribution in [-0.4, -0.2) is 53.6 Å². The molecule has 1 aliphatic rings. The van der Waals surface area contributed by atoms with Crippen molar-refractivity contribution in [3.05, 3.63) is 34.3 Å². The van der Waals surface area contributed by atoms with Crippen LogP contribution in [-0.2, 0) is 22.1 Å². The zero-order valence-corrected chi connectivity index (χ0v) is 17.7. The van der Waals surface area contributed by atoms with Crippen LogP contribution in [0.15, 0.2) is 18.2 Å². The van der Waals surface area contributed by atoms with Crippen molar-refractivity contribution >= 4 is 23.6 Å². The van der Waals surface area contributed by atoms with Gasteiger partial charge in [0, 0.05) is 26.2 Å². The molecule has 162 valence electrons. The van der Waals surface area contributed by atoms with Crippen molar-refractivity contribution in [2.75, 3.05) is 20.1 Å². The number of ether oxygens (including phenoxy) is 1. The Morgan fingerprint density at radius 3 is 2.31 bits per heavy atom. The Morgan fingerprint density at radius 1 is 1.21 bits per heavy atom. The molecule has 9 heteroatoms. The molecule has 0 radical (unpaired) electrons. The Kier molecular flexibility index (Phi) is 7.09. The predicted octanol–water partition coefficient (Wildman–Crippen LogP) is 4.76. The van der Waals surface area contributed by atoms with E-state index in [1.807, 2.05) is 0 Å². The number of halogens is 4. The molecule has 29 heavy (non-hydrogen) atoms. The van der Waals surface area contributed by atoms with E-state index < -0.39 is 22.4 Å². The van der Waals surface area contributed by atoms with Crippen LogP contribution in [0.25, 0.3) is 0 Å². The summed E-state index contributed by atoms with van der Waals surface area (Å²) < 4.78 is 44.3. The maximum absolute atomic E-state index is 13.0. The van der Waals surface area contributed by atoms with Crippen molar-refractivity contribution < 1.29 is 27.5 Å². The normalized spacial score (nSPS) is 15.9. The molecular weight excluding hydrogens is 409 g/mol. The van der Waals surface area contributed by atoms with Crippen molar-refractivity contribution in [1.82, 2.24) is 9.80 Å². The molecule has 0 saturated carbocycles. The molecular formula is C20H26ClF3N2O3. The summed E-state index contributed by atoms with van der Waals surface area (Å²) in [5.41, 5.74) is -1.38. The minimum atomic E-state index is -4.57. The van der Waals surface area contributed by atoms with Gasteiger partial charge in [-0.3, -0.25) is 4.79 Å². The van der Waals surface area contributed by atoms with Crippen molar-refractivity contribution in [2.45, 2.75) is 57.9 Å². The highest BCUT2D eigenvalue weighted by Gasteiger charge is 2.34. The molecule has 0 aromatic heterocycles. The summed E-state index contributed by atoms with van der Waals surface area (Å²) in [7, 11) is 1.62. The number of carbonyl (C=O) groups is 2. The number of rotatable bonds is 3. The molecule has 0 bridgehead atoms. The number of alkyl halides is 3. The first-order chi connectivity index (χ1) is 13.3. The Morgan fingerprint density at radius 2 is 1.79 bits per heavy atom. The van der Waals surface area contributed by atoms with Crippen LogP contribution in [0, 0.1) is 0 Å². The second-order valence-corrected chi connectivity index (χ2v) is 8.53. The van der Waals surface area contributed by atoms with Crippen LogP contribution in [0.5, 0.6) is 0 Å². The van der Waals surface area contributed by atoms with Gasteiger partial charge in [-0.15, -0.1) is 0 Å².